The first kappa shape index (κ1) is 12.2. The lowest BCUT2D eigenvalue weighted by molar-refractivity contribution is 0.0697. The Morgan fingerprint density at radius 3 is 2.82 bits per heavy atom. The van der Waals surface area contributed by atoms with Gasteiger partial charge in [-0.3, -0.25) is 0 Å². The van der Waals surface area contributed by atoms with Gasteiger partial charge < -0.3 is 10.0 Å². The number of aromatic carboxylic acids is 1. The maximum Gasteiger partial charge on any atom is 0.335 e. The van der Waals surface area contributed by atoms with E-state index in [2.05, 4.69) is 11.8 Å². The van der Waals surface area contributed by atoms with Gasteiger partial charge in [0, 0.05) is 12.6 Å². The average molecular weight is 254 g/mol. The number of benzene rings is 1. The van der Waals surface area contributed by atoms with Crippen LogP contribution in [0.3, 0.4) is 0 Å². The zero-order chi connectivity index (χ0) is 12.4. The van der Waals surface area contributed by atoms with Crippen molar-refractivity contribution in [2.45, 2.75) is 32.2 Å². The summed E-state index contributed by atoms with van der Waals surface area (Å²) in [4.78, 5) is 13.1. The SMILES string of the molecule is CC1CCCCN1c1ccc(C(=O)O)cc1Cl. The number of carboxylic acids is 1. The normalized spacial score (nSPS) is 20.4. The third-order valence-electron chi connectivity index (χ3n) is 3.31. The molecule has 1 aliphatic heterocycles. The van der Waals surface area contributed by atoms with E-state index in [0.29, 0.717) is 11.1 Å². The van der Waals surface area contributed by atoms with Gasteiger partial charge in [0.15, 0.2) is 0 Å². The van der Waals surface area contributed by atoms with Crippen LogP contribution in [-0.2, 0) is 0 Å². The predicted octanol–water partition coefficient (Wildman–Crippen LogP) is 3.42. The summed E-state index contributed by atoms with van der Waals surface area (Å²) in [6, 6.07) is 5.43. The van der Waals surface area contributed by atoms with E-state index < -0.39 is 5.97 Å². The van der Waals surface area contributed by atoms with Crippen LogP contribution in [-0.4, -0.2) is 23.7 Å². The molecule has 92 valence electrons. The highest BCUT2D eigenvalue weighted by Gasteiger charge is 2.21. The first-order valence-electron chi connectivity index (χ1n) is 5.89. The third-order valence-corrected chi connectivity index (χ3v) is 3.61. The van der Waals surface area contributed by atoms with E-state index in [1.54, 1.807) is 6.07 Å². The molecule has 1 aromatic carbocycles. The number of nitrogens with zero attached hydrogens (tertiary/aromatic N) is 1. The molecule has 1 aromatic rings. The Morgan fingerprint density at radius 1 is 1.47 bits per heavy atom. The summed E-state index contributed by atoms with van der Waals surface area (Å²) >= 11 is 6.17. The lowest BCUT2D eigenvalue weighted by Crippen LogP contribution is -2.37. The molecule has 2 rings (SSSR count). The minimum atomic E-state index is -0.940. The molecular weight excluding hydrogens is 238 g/mol. The largest absolute Gasteiger partial charge is 0.478 e. The fraction of sp³-hybridized carbons (Fsp3) is 0.462. The van der Waals surface area contributed by atoms with Crippen LogP contribution in [0.2, 0.25) is 5.02 Å². The third kappa shape index (κ3) is 2.55. The van der Waals surface area contributed by atoms with Crippen LogP contribution in [0.5, 0.6) is 0 Å². The minimum Gasteiger partial charge on any atom is -0.478 e. The number of halogens is 1. The van der Waals surface area contributed by atoms with Gasteiger partial charge in [0.2, 0.25) is 0 Å². The lowest BCUT2D eigenvalue weighted by atomic mass is 10.0. The molecular formula is C13H16ClNO2. The number of anilines is 1. The van der Waals surface area contributed by atoms with E-state index >= 15 is 0 Å². The number of piperidine rings is 1. The highest BCUT2D eigenvalue weighted by Crippen LogP contribution is 2.31. The molecule has 0 aromatic heterocycles. The van der Waals surface area contributed by atoms with Crippen molar-refractivity contribution in [3.05, 3.63) is 28.8 Å². The molecule has 1 aliphatic rings. The Labute approximate surface area is 106 Å². The summed E-state index contributed by atoms with van der Waals surface area (Å²) in [5.41, 5.74) is 1.19. The van der Waals surface area contributed by atoms with Gasteiger partial charge in [-0.2, -0.15) is 0 Å². The van der Waals surface area contributed by atoms with Crippen molar-refractivity contribution in [1.82, 2.24) is 0 Å². The van der Waals surface area contributed by atoms with Crippen LogP contribution < -0.4 is 4.90 Å². The minimum absolute atomic E-state index is 0.239. The van der Waals surface area contributed by atoms with Gasteiger partial charge in [-0.05, 0) is 44.4 Å². The van der Waals surface area contributed by atoms with Crippen LogP contribution in [0.25, 0.3) is 0 Å². The molecule has 0 radical (unpaired) electrons. The molecule has 0 spiro atoms. The number of carbonyl (C=O) groups is 1. The standard InChI is InChI=1S/C13H16ClNO2/c1-9-4-2-3-7-15(9)12-6-5-10(13(16)17)8-11(12)14/h5-6,8-9H,2-4,7H2,1H3,(H,16,17). The van der Waals surface area contributed by atoms with Gasteiger partial charge in [0.25, 0.3) is 0 Å². The van der Waals surface area contributed by atoms with Crippen molar-refractivity contribution in [2.24, 2.45) is 0 Å². The van der Waals surface area contributed by atoms with Gasteiger partial charge in [0.1, 0.15) is 0 Å². The Morgan fingerprint density at radius 2 is 2.24 bits per heavy atom. The van der Waals surface area contributed by atoms with Crippen molar-refractivity contribution < 1.29 is 9.90 Å². The van der Waals surface area contributed by atoms with Crippen molar-refractivity contribution in [1.29, 1.82) is 0 Å². The Balaban J connectivity index is 2.29. The fourth-order valence-corrected chi connectivity index (χ4v) is 2.62. The molecule has 3 nitrogen and oxygen atoms in total. The number of hydrogen-bond donors (Lipinski definition) is 1. The van der Waals surface area contributed by atoms with E-state index in [1.807, 2.05) is 6.07 Å². The fourth-order valence-electron chi connectivity index (χ4n) is 2.33. The summed E-state index contributed by atoms with van der Waals surface area (Å²) in [5, 5.41) is 9.42. The molecule has 1 heterocycles. The monoisotopic (exact) mass is 253 g/mol. The topological polar surface area (TPSA) is 40.5 Å². The molecule has 1 N–H and O–H groups in total. The zero-order valence-electron chi connectivity index (χ0n) is 9.82. The van der Waals surface area contributed by atoms with E-state index in [4.69, 9.17) is 16.7 Å². The van der Waals surface area contributed by atoms with Crippen molar-refractivity contribution in [2.75, 3.05) is 11.4 Å². The van der Waals surface area contributed by atoms with Crippen molar-refractivity contribution in [3.8, 4) is 0 Å². The maximum absolute atomic E-state index is 10.8. The molecule has 0 saturated carbocycles. The predicted molar refractivity (Wildman–Crippen MR) is 69.1 cm³/mol. The highest BCUT2D eigenvalue weighted by molar-refractivity contribution is 6.33. The van der Waals surface area contributed by atoms with Crippen LogP contribution in [0, 0.1) is 0 Å². The summed E-state index contributed by atoms with van der Waals surface area (Å²) in [5.74, 6) is -0.940. The van der Waals surface area contributed by atoms with E-state index in [9.17, 15) is 4.79 Å². The number of hydrogen-bond acceptors (Lipinski definition) is 2. The first-order valence-corrected chi connectivity index (χ1v) is 6.27. The summed E-state index contributed by atoms with van der Waals surface area (Å²) in [6.07, 6.45) is 3.58. The number of carboxylic acid groups (broad SMARTS) is 1. The van der Waals surface area contributed by atoms with Crippen LogP contribution in [0.15, 0.2) is 18.2 Å². The smallest absolute Gasteiger partial charge is 0.335 e. The molecule has 1 fully saturated rings. The number of rotatable bonds is 2. The molecule has 1 saturated heterocycles. The highest BCUT2D eigenvalue weighted by atomic mass is 35.5. The van der Waals surface area contributed by atoms with E-state index in [0.717, 1.165) is 18.7 Å². The van der Waals surface area contributed by atoms with E-state index in [1.165, 1.54) is 18.9 Å². The second kappa shape index (κ2) is 4.96. The van der Waals surface area contributed by atoms with Crippen LogP contribution in [0.4, 0.5) is 5.69 Å². The summed E-state index contributed by atoms with van der Waals surface area (Å²) < 4.78 is 0. The van der Waals surface area contributed by atoms with Gasteiger partial charge in [-0.1, -0.05) is 11.6 Å². The molecule has 17 heavy (non-hydrogen) atoms. The average Bonchev–Trinajstić information content (AvgIpc) is 2.30. The zero-order valence-corrected chi connectivity index (χ0v) is 10.6. The Kier molecular flexibility index (Phi) is 3.57. The van der Waals surface area contributed by atoms with Gasteiger partial charge in [-0.15, -0.1) is 0 Å². The Bertz CT molecular complexity index is 433. The van der Waals surface area contributed by atoms with Crippen molar-refractivity contribution >= 4 is 23.3 Å². The molecule has 4 heteroatoms. The summed E-state index contributed by atoms with van der Waals surface area (Å²) in [7, 11) is 0. The Hall–Kier alpha value is -1.22. The van der Waals surface area contributed by atoms with Crippen molar-refractivity contribution in [3.63, 3.8) is 0 Å². The molecule has 1 unspecified atom stereocenters. The van der Waals surface area contributed by atoms with Crippen LogP contribution in [0.1, 0.15) is 36.5 Å². The van der Waals surface area contributed by atoms with E-state index in [-0.39, 0.29) is 5.56 Å². The molecule has 0 bridgehead atoms. The van der Waals surface area contributed by atoms with Crippen LogP contribution >= 0.6 is 11.6 Å². The lowest BCUT2D eigenvalue weighted by Gasteiger charge is -2.36. The molecule has 0 amide bonds. The molecule has 0 aliphatic carbocycles. The maximum atomic E-state index is 10.8. The molecule has 1 atom stereocenters. The van der Waals surface area contributed by atoms with Gasteiger partial charge in [-0.25, -0.2) is 4.79 Å². The summed E-state index contributed by atoms with van der Waals surface area (Å²) in [6.45, 7) is 3.17. The quantitative estimate of drug-likeness (QED) is 0.878. The van der Waals surface area contributed by atoms with Gasteiger partial charge in [0.05, 0.1) is 16.3 Å². The second-order valence-corrected chi connectivity index (χ2v) is 4.92. The van der Waals surface area contributed by atoms with Gasteiger partial charge >= 0.3 is 5.97 Å². The second-order valence-electron chi connectivity index (χ2n) is 4.51. The first-order chi connectivity index (χ1) is 8.09.